The molecule has 6 heteroatoms. The van der Waals surface area contributed by atoms with E-state index in [4.69, 9.17) is 4.74 Å². The van der Waals surface area contributed by atoms with Crippen molar-refractivity contribution in [3.05, 3.63) is 53.7 Å². The molecular weight excluding hydrogens is 312 g/mol. The molecule has 0 unspecified atom stereocenters. The lowest BCUT2D eigenvalue weighted by Crippen LogP contribution is -2.41. The lowest BCUT2D eigenvalue weighted by molar-refractivity contribution is 0.341. The Morgan fingerprint density at radius 1 is 1.22 bits per heavy atom. The molecule has 1 spiro atoms. The molecule has 0 radical (unpaired) electrons. The first-order chi connectivity index (χ1) is 11.0. The number of ether oxygens (including phenoxy) is 1. The Bertz CT molecular complexity index is 845. The van der Waals surface area contributed by atoms with Crippen molar-refractivity contribution < 1.29 is 13.2 Å². The molecule has 1 aromatic carbocycles. The molecule has 1 aromatic heterocycles. The summed E-state index contributed by atoms with van der Waals surface area (Å²) in [6.07, 6.45) is 3.55. The van der Waals surface area contributed by atoms with Gasteiger partial charge in [-0.25, -0.2) is 13.4 Å². The van der Waals surface area contributed by atoms with Gasteiger partial charge in [-0.1, -0.05) is 12.1 Å². The van der Waals surface area contributed by atoms with Crippen LogP contribution in [0.1, 0.15) is 24.0 Å². The summed E-state index contributed by atoms with van der Waals surface area (Å²) in [6.45, 7) is 0.909. The quantitative estimate of drug-likeness (QED) is 0.867. The third-order valence-electron chi connectivity index (χ3n) is 4.81. The molecule has 23 heavy (non-hydrogen) atoms. The van der Waals surface area contributed by atoms with E-state index in [1.165, 1.54) is 11.8 Å². The maximum absolute atomic E-state index is 12.9. The molecule has 4 rings (SSSR count). The number of sulfonamides is 1. The van der Waals surface area contributed by atoms with Crippen LogP contribution in [0.15, 0.2) is 47.6 Å². The Kier molecular flexibility index (Phi) is 3.21. The van der Waals surface area contributed by atoms with Gasteiger partial charge in [0.25, 0.3) is 10.0 Å². The van der Waals surface area contributed by atoms with Gasteiger partial charge in [-0.15, -0.1) is 0 Å². The number of fused-ring (bicyclic) bond motifs is 2. The Morgan fingerprint density at radius 2 is 2.04 bits per heavy atom. The largest absolute Gasteiger partial charge is 0.497 e. The van der Waals surface area contributed by atoms with Gasteiger partial charge in [0.1, 0.15) is 5.75 Å². The highest BCUT2D eigenvalue weighted by Gasteiger charge is 2.51. The van der Waals surface area contributed by atoms with Crippen LogP contribution in [-0.2, 0) is 22.0 Å². The molecule has 0 N–H and O–H groups in total. The molecule has 1 fully saturated rings. The van der Waals surface area contributed by atoms with Crippen molar-refractivity contribution in [3.63, 3.8) is 0 Å². The summed E-state index contributed by atoms with van der Waals surface area (Å²) in [5, 5.41) is 0.118. The van der Waals surface area contributed by atoms with Gasteiger partial charge in [0.05, 0.1) is 7.11 Å². The molecular formula is C17H18N2O3S. The summed E-state index contributed by atoms with van der Waals surface area (Å²) < 4.78 is 32.6. The van der Waals surface area contributed by atoms with Crippen LogP contribution in [0.2, 0.25) is 0 Å². The fraction of sp³-hybridized carbons (Fsp3) is 0.353. The summed E-state index contributed by atoms with van der Waals surface area (Å²) in [6, 6.07) is 10.9. The lowest BCUT2D eigenvalue weighted by Gasteiger charge is -2.34. The predicted molar refractivity (Wildman–Crippen MR) is 85.7 cm³/mol. The normalized spacial score (nSPS) is 19.3. The SMILES string of the molecule is COc1ccc2c(c1)C1(CC1)CN(S(=O)(=O)c1ccccn1)C2. The van der Waals surface area contributed by atoms with Crippen molar-refractivity contribution >= 4 is 10.0 Å². The number of hydrogen-bond acceptors (Lipinski definition) is 4. The van der Waals surface area contributed by atoms with E-state index in [-0.39, 0.29) is 10.4 Å². The van der Waals surface area contributed by atoms with E-state index in [1.54, 1.807) is 29.6 Å². The maximum Gasteiger partial charge on any atom is 0.260 e. The van der Waals surface area contributed by atoms with Crippen LogP contribution in [0.25, 0.3) is 0 Å². The van der Waals surface area contributed by atoms with E-state index in [0.717, 1.165) is 24.2 Å². The topological polar surface area (TPSA) is 59.5 Å². The van der Waals surface area contributed by atoms with Crippen molar-refractivity contribution in [2.75, 3.05) is 13.7 Å². The standard InChI is InChI=1S/C17H18N2O3S/c1-22-14-6-5-13-11-19(12-17(7-8-17)15(13)10-14)23(20,21)16-4-2-3-9-18-16/h2-6,9-10H,7-8,11-12H2,1H3. The van der Waals surface area contributed by atoms with Crippen LogP contribution in [0.4, 0.5) is 0 Å². The van der Waals surface area contributed by atoms with E-state index < -0.39 is 10.0 Å². The zero-order valence-electron chi connectivity index (χ0n) is 12.9. The summed E-state index contributed by atoms with van der Waals surface area (Å²) >= 11 is 0. The lowest BCUT2D eigenvalue weighted by atomic mass is 9.88. The van der Waals surface area contributed by atoms with Gasteiger partial charge >= 0.3 is 0 Å². The van der Waals surface area contributed by atoms with Gasteiger partial charge < -0.3 is 4.74 Å². The smallest absolute Gasteiger partial charge is 0.260 e. The van der Waals surface area contributed by atoms with Crippen LogP contribution < -0.4 is 4.74 Å². The summed E-state index contributed by atoms with van der Waals surface area (Å²) in [5.74, 6) is 0.830. The van der Waals surface area contributed by atoms with Crippen molar-refractivity contribution in [2.24, 2.45) is 0 Å². The molecule has 1 aliphatic carbocycles. The number of nitrogens with zero attached hydrogens (tertiary/aromatic N) is 2. The zero-order valence-corrected chi connectivity index (χ0v) is 13.7. The minimum Gasteiger partial charge on any atom is -0.497 e. The molecule has 1 saturated carbocycles. The molecule has 2 aliphatic rings. The average molecular weight is 330 g/mol. The van der Waals surface area contributed by atoms with Crippen molar-refractivity contribution in [2.45, 2.75) is 29.8 Å². The second kappa shape index (κ2) is 5.04. The monoisotopic (exact) mass is 330 g/mol. The first-order valence-electron chi connectivity index (χ1n) is 7.64. The van der Waals surface area contributed by atoms with Gasteiger partial charge in [-0.2, -0.15) is 4.31 Å². The highest BCUT2D eigenvalue weighted by atomic mass is 32.2. The van der Waals surface area contributed by atoms with E-state index >= 15 is 0 Å². The fourth-order valence-electron chi connectivity index (χ4n) is 3.36. The Hall–Kier alpha value is -1.92. The highest BCUT2D eigenvalue weighted by molar-refractivity contribution is 7.89. The van der Waals surface area contributed by atoms with E-state index in [1.807, 2.05) is 12.1 Å². The summed E-state index contributed by atoms with van der Waals surface area (Å²) in [4.78, 5) is 4.03. The molecule has 120 valence electrons. The van der Waals surface area contributed by atoms with Crippen LogP contribution in [0.3, 0.4) is 0 Å². The van der Waals surface area contributed by atoms with Gasteiger partial charge in [-0.3, -0.25) is 0 Å². The number of hydrogen-bond donors (Lipinski definition) is 0. The number of rotatable bonds is 3. The van der Waals surface area contributed by atoms with Crippen molar-refractivity contribution in [1.82, 2.24) is 9.29 Å². The third-order valence-corrected chi connectivity index (χ3v) is 6.52. The number of methoxy groups -OCH3 is 1. The van der Waals surface area contributed by atoms with E-state index in [2.05, 4.69) is 11.1 Å². The highest BCUT2D eigenvalue weighted by Crippen LogP contribution is 2.53. The van der Waals surface area contributed by atoms with Crippen LogP contribution in [0.5, 0.6) is 5.75 Å². The second-order valence-corrected chi connectivity index (χ2v) is 8.13. The van der Waals surface area contributed by atoms with Crippen molar-refractivity contribution in [1.29, 1.82) is 0 Å². The molecule has 2 aromatic rings. The fourth-order valence-corrected chi connectivity index (χ4v) is 4.80. The number of pyridine rings is 1. The van der Waals surface area contributed by atoms with Gasteiger partial charge in [0.15, 0.2) is 5.03 Å². The van der Waals surface area contributed by atoms with E-state index in [9.17, 15) is 8.42 Å². The zero-order chi connectivity index (χ0) is 16.1. The van der Waals surface area contributed by atoms with Crippen LogP contribution in [0, 0.1) is 0 Å². The molecule has 0 atom stereocenters. The van der Waals surface area contributed by atoms with E-state index in [0.29, 0.717) is 13.1 Å². The summed E-state index contributed by atoms with van der Waals surface area (Å²) in [7, 11) is -1.91. The average Bonchev–Trinajstić information content (AvgIpc) is 3.35. The van der Waals surface area contributed by atoms with Gasteiger partial charge in [0.2, 0.25) is 0 Å². The number of benzene rings is 1. The minimum absolute atomic E-state index is 0.0516. The Balaban J connectivity index is 1.74. The summed E-state index contributed by atoms with van der Waals surface area (Å²) in [5.41, 5.74) is 2.25. The number of aromatic nitrogens is 1. The molecule has 0 bridgehead atoms. The van der Waals surface area contributed by atoms with Gasteiger partial charge in [0, 0.05) is 24.7 Å². The van der Waals surface area contributed by atoms with Crippen molar-refractivity contribution in [3.8, 4) is 5.75 Å². The van der Waals surface area contributed by atoms with Gasteiger partial charge in [-0.05, 0) is 48.2 Å². The Labute approximate surface area is 136 Å². The maximum atomic E-state index is 12.9. The molecule has 5 nitrogen and oxygen atoms in total. The molecule has 1 aliphatic heterocycles. The van der Waals surface area contributed by atoms with Crippen LogP contribution in [-0.4, -0.2) is 31.4 Å². The molecule has 2 heterocycles. The first kappa shape index (κ1) is 14.7. The predicted octanol–water partition coefficient (Wildman–Crippen LogP) is 2.33. The molecule has 0 amide bonds. The second-order valence-electron chi connectivity index (χ2n) is 6.24. The Morgan fingerprint density at radius 3 is 2.70 bits per heavy atom. The first-order valence-corrected chi connectivity index (χ1v) is 9.08. The minimum atomic E-state index is -3.56. The third kappa shape index (κ3) is 2.33. The van der Waals surface area contributed by atoms with Crippen LogP contribution >= 0.6 is 0 Å². The molecule has 0 saturated heterocycles.